The summed E-state index contributed by atoms with van der Waals surface area (Å²) in [5, 5.41) is 3.10. The first-order valence-corrected chi connectivity index (χ1v) is 11.1. The Kier molecular flexibility index (Phi) is 7.63. The van der Waals surface area contributed by atoms with Crippen LogP contribution in [0.5, 0.6) is 11.5 Å². The predicted molar refractivity (Wildman–Crippen MR) is 132 cm³/mol. The minimum atomic E-state index is -0.366. The van der Waals surface area contributed by atoms with Crippen molar-refractivity contribution in [1.29, 1.82) is 0 Å². The first-order valence-electron chi connectivity index (χ1n) is 11.1. The lowest BCUT2D eigenvalue weighted by Gasteiger charge is -2.24. The van der Waals surface area contributed by atoms with E-state index in [1.54, 1.807) is 24.1 Å². The van der Waals surface area contributed by atoms with Crippen molar-refractivity contribution in [2.24, 2.45) is 0 Å². The fourth-order valence-electron chi connectivity index (χ4n) is 3.62. The van der Waals surface area contributed by atoms with Gasteiger partial charge in [-0.05, 0) is 35.9 Å². The molecule has 1 N–H and O–H groups in total. The van der Waals surface area contributed by atoms with Crippen molar-refractivity contribution >= 4 is 0 Å². The number of ether oxygens (including phenoxy) is 2. The van der Waals surface area contributed by atoms with Crippen LogP contribution in [0.15, 0.2) is 102 Å². The van der Waals surface area contributed by atoms with Crippen molar-refractivity contribution in [3.63, 3.8) is 0 Å². The van der Waals surface area contributed by atoms with Crippen molar-refractivity contribution in [1.82, 2.24) is 10.0 Å². The van der Waals surface area contributed by atoms with Gasteiger partial charge in [0, 0.05) is 12.6 Å². The first kappa shape index (κ1) is 23.1. The van der Waals surface area contributed by atoms with E-state index < -0.39 is 0 Å². The number of hydrogen-bond donors (Lipinski definition) is 1. The second-order valence-corrected chi connectivity index (χ2v) is 7.79. The Bertz CT molecular complexity index is 1200. The molecule has 0 unspecified atom stereocenters. The number of methoxy groups -OCH3 is 1. The minimum Gasteiger partial charge on any atom is -0.497 e. The van der Waals surface area contributed by atoms with E-state index in [1.807, 2.05) is 92.0 Å². The summed E-state index contributed by atoms with van der Waals surface area (Å²) in [7, 11) is 3.45. The predicted octanol–water partition coefficient (Wildman–Crippen LogP) is 4.37. The third kappa shape index (κ3) is 5.66. The van der Waals surface area contributed by atoms with Crippen molar-refractivity contribution in [3.8, 4) is 11.5 Å². The summed E-state index contributed by atoms with van der Waals surface area (Å²) in [6, 6.07) is 29.1. The molecule has 174 valence electrons. The van der Waals surface area contributed by atoms with Crippen LogP contribution in [0.4, 0.5) is 0 Å². The maximum absolute atomic E-state index is 12.8. The second-order valence-electron chi connectivity index (χ2n) is 7.79. The Balaban J connectivity index is 1.65. The highest BCUT2D eigenvalue weighted by Gasteiger charge is 2.18. The normalized spacial score (nSPS) is 10.8. The molecule has 1 aromatic heterocycles. The fourth-order valence-corrected chi connectivity index (χ4v) is 3.62. The van der Waals surface area contributed by atoms with E-state index in [1.165, 1.54) is 0 Å². The van der Waals surface area contributed by atoms with Crippen molar-refractivity contribution < 1.29 is 14.3 Å². The van der Waals surface area contributed by atoms with Crippen LogP contribution in [-0.4, -0.2) is 18.9 Å². The first-order chi connectivity index (χ1) is 16.7. The molecular formula is C28H28N2O4. The Morgan fingerprint density at radius 3 is 2.06 bits per heavy atom. The van der Waals surface area contributed by atoms with E-state index in [4.69, 9.17) is 14.3 Å². The number of nitrogens with zero attached hydrogens (tertiary/aromatic N) is 1. The highest BCUT2D eigenvalue weighted by molar-refractivity contribution is 5.31. The zero-order chi connectivity index (χ0) is 23.8. The van der Waals surface area contributed by atoms with E-state index in [9.17, 15) is 4.79 Å². The summed E-state index contributed by atoms with van der Waals surface area (Å²) in [6.07, 6.45) is 1.26. The van der Waals surface area contributed by atoms with Crippen LogP contribution in [0.2, 0.25) is 0 Å². The van der Waals surface area contributed by atoms with Gasteiger partial charge in [0.1, 0.15) is 12.4 Å². The molecule has 6 nitrogen and oxygen atoms in total. The van der Waals surface area contributed by atoms with Gasteiger partial charge in [0.2, 0.25) is 5.43 Å². The number of hydrogen-bond acceptors (Lipinski definition) is 5. The van der Waals surface area contributed by atoms with Crippen molar-refractivity contribution in [2.45, 2.75) is 19.3 Å². The van der Waals surface area contributed by atoms with Gasteiger partial charge in [-0.15, -0.1) is 0 Å². The van der Waals surface area contributed by atoms with Gasteiger partial charge < -0.3 is 19.6 Å². The summed E-state index contributed by atoms with van der Waals surface area (Å²) in [4.78, 5) is 19.3. The maximum Gasteiger partial charge on any atom is 0.223 e. The lowest BCUT2D eigenvalue weighted by Crippen LogP contribution is -2.26. The summed E-state index contributed by atoms with van der Waals surface area (Å²) < 4.78 is 12.7. The number of benzene rings is 3. The molecule has 0 amide bonds. The molecule has 1 heterocycles. The Labute approximate surface area is 199 Å². The number of pyridine rings is 1. The van der Waals surface area contributed by atoms with Crippen LogP contribution in [0.25, 0.3) is 0 Å². The SMILES string of the molecule is CNCc1cc(=O)c(OCc2ccc(OC)cc2)cn1OC(c1ccccc1)c1ccccc1. The van der Waals surface area contributed by atoms with E-state index in [-0.39, 0.29) is 23.9 Å². The van der Waals surface area contributed by atoms with Crippen LogP contribution >= 0.6 is 0 Å². The average Bonchev–Trinajstić information content (AvgIpc) is 2.89. The highest BCUT2D eigenvalue weighted by atomic mass is 16.7. The third-order valence-electron chi connectivity index (χ3n) is 5.39. The quantitative estimate of drug-likeness (QED) is 0.384. The molecule has 6 heteroatoms. The number of aromatic nitrogens is 1. The van der Waals surface area contributed by atoms with E-state index in [2.05, 4.69) is 5.32 Å². The van der Waals surface area contributed by atoms with Crippen LogP contribution in [-0.2, 0) is 13.2 Å². The summed E-state index contributed by atoms with van der Waals surface area (Å²) in [5.41, 5.74) is 3.43. The summed E-state index contributed by atoms with van der Waals surface area (Å²) in [6.45, 7) is 0.718. The molecule has 34 heavy (non-hydrogen) atoms. The molecular weight excluding hydrogens is 428 g/mol. The van der Waals surface area contributed by atoms with Crippen LogP contribution in [0.1, 0.15) is 28.5 Å². The van der Waals surface area contributed by atoms with Gasteiger partial charge in [-0.25, -0.2) is 0 Å². The molecule has 0 fully saturated rings. The van der Waals surface area contributed by atoms with Crippen LogP contribution in [0, 0.1) is 0 Å². The summed E-state index contributed by atoms with van der Waals surface area (Å²) >= 11 is 0. The van der Waals surface area contributed by atoms with Crippen LogP contribution in [0.3, 0.4) is 0 Å². The molecule has 0 saturated carbocycles. The highest BCUT2D eigenvalue weighted by Crippen LogP contribution is 2.24. The number of nitrogens with one attached hydrogen (secondary N) is 1. The smallest absolute Gasteiger partial charge is 0.223 e. The van der Waals surface area contributed by atoms with Crippen molar-refractivity contribution in [3.05, 3.63) is 130 Å². The van der Waals surface area contributed by atoms with Gasteiger partial charge in [-0.2, -0.15) is 4.73 Å². The lowest BCUT2D eigenvalue weighted by atomic mass is 10.0. The molecule has 0 aliphatic carbocycles. The summed E-state index contributed by atoms with van der Waals surface area (Å²) in [5.74, 6) is 0.985. The van der Waals surface area contributed by atoms with Gasteiger partial charge >= 0.3 is 0 Å². The number of rotatable bonds is 10. The largest absolute Gasteiger partial charge is 0.497 e. The van der Waals surface area contributed by atoms with Gasteiger partial charge in [0.15, 0.2) is 11.9 Å². The minimum absolute atomic E-state index is 0.199. The van der Waals surface area contributed by atoms with Crippen LogP contribution < -0.4 is 25.1 Å². The topological polar surface area (TPSA) is 61.7 Å². The van der Waals surface area contributed by atoms with E-state index in [0.29, 0.717) is 12.2 Å². The molecule has 0 saturated heterocycles. The fraction of sp³-hybridized carbons (Fsp3) is 0.179. The van der Waals surface area contributed by atoms with Crippen molar-refractivity contribution in [2.75, 3.05) is 14.2 Å². The standard InChI is InChI=1S/C28H28N2O4/c1-29-18-24-17-26(31)27(33-20-21-13-15-25(32-2)16-14-21)19-30(24)34-28(22-9-5-3-6-10-22)23-11-7-4-8-12-23/h3-17,19,28-29H,18,20H2,1-2H3. The zero-order valence-electron chi connectivity index (χ0n) is 19.3. The molecule has 4 rings (SSSR count). The molecule has 0 spiro atoms. The maximum atomic E-state index is 12.8. The molecule has 0 aliphatic heterocycles. The molecule has 0 aliphatic rings. The molecule has 4 aromatic rings. The van der Waals surface area contributed by atoms with Gasteiger partial charge in [0.25, 0.3) is 0 Å². The third-order valence-corrected chi connectivity index (χ3v) is 5.39. The van der Waals surface area contributed by atoms with E-state index in [0.717, 1.165) is 22.4 Å². The van der Waals surface area contributed by atoms with Gasteiger partial charge in [-0.3, -0.25) is 4.79 Å². The monoisotopic (exact) mass is 456 g/mol. The molecule has 0 bridgehead atoms. The van der Waals surface area contributed by atoms with E-state index >= 15 is 0 Å². The Hall–Kier alpha value is -4.03. The lowest BCUT2D eigenvalue weighted by molar-refractivity contribution is 0.0515. The van der Waals surface area contributed by atoms with Gasteiger partial charge in [0.05, 0.1) is 19.0 Å². The second kappa shape index (κ2) is 11.2. The Morgan fingerprint density at radius 1 is 0.882 bits per heavy atom. The van der Waals surface area contributed by atoms with Gasteiger partial charge in [-0.1, -0.05) is 72.8 Å². The molecule has 0 atom stereocenters. The Morgan fingerprint density at radius 2 is 1.50 bits per heavy atom. The molecule has 0 radical (unpaired) electrons. The molecule has 3 aromatic carbocycles. The average molecular weight is 457 g/mol. The zero-order valence-corrected chi connectivity index (χ0v) is 19.3.